The van der Waals surface area contributed by atoms with Crippen LogP contribution in [0.4, 0.5) is 0 Å². The van der Waals surface area contributed by atoms with Gasteiger partial charge >= 0.3 is 0 Å². The summed E-state index contributed by atoms with van der Waals surface area (Å²) in [5.74, 6) is 2.20. The molecule has 0 radical (unpaired) electrons. The number of phenolic OH excluding ortho intramolecular Hbond substituents is 2. The van der Waals surface area contributed by atoms with Gasteiger partial charge in [-0.25, -0.2) is 0 Å². The molecule has 288 valence electrons. The van der Waals surface area contributed by atoms with Crippen molar-refractivity contribution in [2.24, 2.45) is 56.7 Å². The number of unbranched alkanes of at least 4 members (excludes halogenated alkanes) is 3. The molecule has 1 aromatic rings. The lowest BCUT2D eigenvalue weighted by atomic mass is 9.32. The predicted molar refractivity (Wildman–Crippen MR) is 208 cm³/mol. The van der Waals surface area contributed by atoms with E-state index in [9.17, 15) is 24.9 Å². The number of allylic oxidation sites excluding steroid dienone is 1. The lowest BCUT2D eigenvalue weighted by Gasteiger charge is -2.72. The number of hydrogen-bond donors (Lipinski definition) is 5. The number of amides is 2. The van der Waals surface area contributed by atoms with Gasteiger partial charge in [0, 0.05) is 19.2 Å². The quantitative estimate of drug-likeness (QED) is 0.0679. The molecule has 52 heavy (non-hydrogen) atoms. The fourth-order valence-electron chi connectivity index (χ4n) is 13.6. The molecule has 6 rings (SSSR count). The first-order valence-electron chi connectivity index (χ1n) is 20.6. The topological polar surface area (TPSA) is 119 Å². The molecule has 5 saturated carbocycles. The Morgan fingerprint density at radius 2 is 1.52 bits per heavy atom. The molecule has 5 aliphatic rings. The summed E-state index contributed by atoms with van der Waals surface area (Å²) in [5, 5.41) is 36.5. The molecule has 10 atom stereocenters. The molecule has 0 bridgehead atoms. The summed E-state index contributed by atoms with van der Waals surface area (Å²) in [6.07, 6.45) is 17.7. The minimum atomic E-state index is -0.300. The zero-order valence-corrected chi connectivity index (χ0v) is 33.0. The van der Waals surface area contributed by atoms with Crippen LogP contribution >= 0.6 is 0 Å². The van der Waals surface area contributed by atoms with E-state index < -0.39 is 0 Å². The minimum Gasteiger partial charge on any atom is -0.504 e. The normalized spacial score (nSPS) is 39.1. The molecule has 7 nitrogen and oxygen atoms in total. The van der Waals surface area contributed by atoms with Gasteiger partial charge < -0.3 is 26.0 Å². The molecule has 5 fully saturated rings. The molecule has 2 amide bonds. The zero-order valence-electron chi connectivity index (χ0n) is 33.0. The van der Waals surface area contributed by atoms with Crippen molar-refractivity contribution in [1.29, 1.82) is 0 Å². The number of hydrogen-bond acceptors (Lipinski definition) is 5. The Labute approximate surface area is 313 Å². The van der Waals surface area contributed by atoms with Gasteiger partial charge in [-0.1, -0.05) is 65.7 Å². The zero-order chi connectivity index (χ0) is 37.7. The first-order chi connectivity index (χ1) is 24.5. The highest BCUT2D eigenvalue weighted by atomic mass is 16.3. The summed E-state index contributed by atoms with van der Waals surface area (Å²) in [5.41, 5.74) is 2.23. The van der Waals surface area contributed by atoms with Crippen LogP contribution in [0.5, 0.6) is 11.5 Å². The largest absolute Gasteiger partial charge is 0.504 e. The average Bonchev–Trinajstić information content (AvgIpc) is 3.50. The molecule has 0 aromatic heterocycles. The van der Waals surface area contributed by atoms with Gasteiger partial charge in [0.05, 0.1) is 11.5 Å². The first kappa shape index (κ1) is 38.9. The second kappa shape index (κ2) is 14.5. The van der Waals surface area contributed by atoms with E-state index in [1.807, 2.05) is 0 Å². The lowest BCUT2D eigenvalue weighted by Crippen LogP contribution is -2.67. The maximum atomic E-state index is 14.4. The van der Waals surface area contributed by atoms with Gasteiger partial charge in [0.25, 0.3) is 0 Å². The highest BCUT2D eigenvalue weighted by Crippen LogP contribution is 2.77. The summed E-state index contributed by atoms with van der Waals surface area (Å²) in [6.45, 7) is 20.5. The van der Waals surface area contributed by atoms with Crippen molar-refractivity contribution in [1.82, 2.24) is 10.6 Å². The number of benzene rings is 1. The van der Waals surface area contributed by atoms with Gasteiger partial charge in [-0.2, -0.15) is 0 Å². The molecule has 0 spiro atoms. The minimum absolute atomic E-state index is 0.0427. The van der Waals surface area contributed by atoms with E-state index in [2.05, 4.69) is 58.8 Å². The van der Waals surface area contributed by atoms with Crippen LogP contribution in [-0.4, -0.2) is 46.3 Å². The van der Waals surface area contributed by atoms with Gasteiger partial charge in [-0.3, -0.25) is 9.59 Å². The van der Waals surface area contributed by atoms with Gasteiger partial charge in [0.15, 0.2) is 11.5 Å². The van der Waals surface area contributed by atoms with Crippen LogP contribution in [-0.2, 0) is 9.59 Å². The van der Waals surface area contributed by atoms with Crippen molar-refractivity contribution in [3.05, 3.63) is 42.0 Å². The Bertz CT molecular complexity index is 1550. The number of aliphatic hydroxyl groups is 1. The molecular formula is C45H68N2O5. The molecule has 5 aliphatic carbocycles. The number of nitrogens with one attached hydrogen (secondary N) is 2. The third-order valence-electron chi connectivity index (χ3n) is 16.6. The van der Waals surface area contributed by atoms with Crippen molar-refractivity contribution in [2.45, 2.75) is 138 Å². The van der Waals surface area contributed by atoms with E-state index in [1.165, 1.54) is 49.5 Å². The van der Waals surface area contributed by atoms with Gasteiger partial charge in [-0.05, 0) is 159 Å². The van der Waals surface area contributed by atoms with E-state index in [-0.39, 0.29) is 56.5 Å². The summed E-state index contributed by atoms with van der Waals surface area (Å²) in [4.78, 5) is 26.6. The Balaban J connectivity index is 1.04. The molecule has 5 N–H and O–H groups in total. The first-order valence-corrected chi connectivity index (χ1v) is 20.6. The van der Waals surface area contributed by atoms with Crippen molar-refractivity contribution in [3.8, 4) is 11.5 Å². The number of carbonyl (C=O) groups is 2. The van der Waals surface area contributed by atoms with Crippen LogP contribution in [0.15, 0.2) is 36.4 Å². The monoisotopic (exact) mass is 717 g/mol. The second-order valence-corrected chi connectivity index (χ2v) is 19.3. The Hall–Kier alpha value is -2.80. The van der Waals surface area contributed by atoms with Gasteiger partial charge in [0.1, 0.15) is 0 Å². The summed E-state index contributed by atoms with van der Waals surface area (Å²) < 4.78 is 0. The van der Waals surface area contributed by atoms with Crippen molar-refractivity contribution < 1.29 is 24.9 Å². The van der Waals surface area contributed by atoms with Crippen molar-refractivity contribution >= 4 is 17.9 Å². The predicted octanol–water partition coefficient (Wildman–Crippen LogP) is 8.92. The third kappa shape index (κ3) is 6.43. The molecule has 7 heteroatoms. The molecule has 4 unspecified atom stereocenters. The van der Waals surface area contributed by atoms with E-state index in [0.29, 0.717) is 48.2 Å². The average molecular weight is 717 g/mol. The summed E-state index contributed by atoms with van der Waals surface area (Å²) in [7, 11) is 0. The van der Waals surface area contributed by atoms with Crippen LogP contribution in [0.1, 0.15) is 137 Å². The molecule has 0 aliphatic heterocycles. The Kier molecular flexibility index (Phi) is 10.8. The smallest absolute Gasteiger partial charge is 0.243 e. The third-order valence-corrected chi connectivity index (χ3v) is 16.6. The fraction of sp³-hybridized carbons (Fsp3) is 0.733. The number of carbonyl (C=O) groups excluding carboxylic acids is 2. The van der Waals surface area contributed by atoms with Gasteiger partial charge in [-0.15, -0.1) is 0 Å². The highest BCUT2D eigenvalue weighted by Gasteiger charge is 2.71. The summed E-state index contributed by atoms with van der Waals surface area (Å²) in [6, 6.07) is 4.44. The Morgan fingerprint density at radius 3 is 2.21 bits per heavy atom. The van der Waals surface area contributed by atoms with Crippen LogP contribution in [0.3, 0.4) is 0 Å². The van der Waals surface area contributed by atoms with Crippen molar-refractivity contribution in [3.63, 3.8) is 0 Å². The number of aromatic hydroxyl groups is 2. The lowest BCUT2D eigenvalue weighted by molar-refractivity contribution is -0.246. The number of fused-ring (bicyclic) bond motifs is 7. The van der Waals surface area contributed by atoms with E-state index >= 15 is 0 Å². The van der Waals surface area contributed by atoms with E-state index in [0.717, 1.165) is 64.2 Å². The fourth-order valence-corrected chi connectivity index (χ4v) is 13.6. The molecular weight excluding hydrogens is 649 g/mol. The second-order valence-electron chi connectivity index (χ2n) is 19.3. The van der Waals surface area contributed by atoms with E-state index in [4.69, 9.17) is 0 Å². The maximum absolute atomic E-state index is 14.4. The SMILES string of the molecule is C=C(C)[C@@H]1CC[C@]2(C(=O)NCCCCCCNC(=O)/C=C/c3ccc(O)c(O)c3)CC[C@]3(C)C(CCC4[C@@]5(C)CC[C@H](O)C(C)(C)C5CC[C@]43C)C12. The van der Waals surface area contributed by atoms with Crippen LogP contribution in [0.2, 0.25) is 0 Å². The molecule has 0 saturated heterocycles. The number of phenols is 2. The maximum Gasteiger partial charge on any atom is 0.243 e. The van der Waals surface area contributed by atoms with Crippen LogP contribution < -0.4 is 10.6 Å². The number of rotatable bonds is 11. The van der Waals surface area contributed by atoms with Crippen LogP contribution in [0.25, 0.3) is 6.08 Å². The number of aliphatic hydroxyl groups excluding tert-OH is 1. The molecule has 1 aromatic carbocycles. The summed E-state index contributed by atoms with van der Waals surface area (Å²) >= 11 is 0. The van der Waals surface area contributed by atoms with Gasteiger partial charge in [0.2, 0.25) is 11.8 Å². The van der Waals surface area contributed by atoms with E-state index in [1.54, 1.807) is 12.1 Å². The van der Waals surface area contributed by atoms with Crippen molar-refractivity contribution in [2.75, 3.05) is 13.1 Å². The highest BCUT2D eigenvalue weighted by molar-refractivity contribution is 5.91. The standard InChI is InChI=1S/C45H68N2O5/c1-29(2)31-18-23-45(40(52)47-27-11-9-8-10-26-46-38(51)17-13-30-12-15-33(48)34(49)28-30)25-24-43(6)32(39(31)45)14-16-36-42(5)21-20-37(50)41(3,4)35(42)19-22-44(36,43)7/h12-13,15,17,28,31-32,35-37,39,48-50H,1,8-11,14,16,18-27H2,2-7H3,(H,46,51)(H,47,52)/b17-13+/t31-,32?,35?,36?,37-,39?,42-,43+,44+,45-/m0/s1. The Morgan fingerprint density at radius 1 is 0.808 bits per heavy atom. The molecule has 0 heterocycles. The van der Waals surface area contributed by atoms with Crippen LogP contribution in [0, 0.1) is 56.7 Å².